The van der Waals surface area contributed by atoms with Gasteiger partial charge < -0.3 is 9.88 Å². The molecule has 2 heterocycles. The lowest BCUT2D eigenvalue weighted by Gasteiger charge is -2.17. The van der Waals surface area contributed by atoms with Crippen molar-refractivity contribution in [2.24, 2.45) is 0 Å². The van der Waals surface area contributed by atoms with Crippen LogP contribution in [0.5, 0.6) is 0 Å². The summed E-state index contributed by atoms with van der Waals surface area (Å²) < 4.78 is 2.12. The molecule has 0 saturated heterocycles. The molecule has 0 aliphatic rings. The highest BCUT2D eigenvalue weighted by atomic mass is 15.1. The third-order valence-electron chi connectivity index (χ3n) is 3.00. The lowest BCUT2D eigenvalue weighted by molar-refractivity contribution is 0.520. The van der Waals surface area contributed by atoms with Gasteiger partial charge in [0.1, 0.15) is 11.9 Å². The molecule has 5 heteroatoms. The minimum absolute atomic E-state index is 0.0458. The van der Waals surface area contributed by atoms with Crippen LogP contribution < -0.4 is 5.32 Å². The highest BCUT2D eigenvalue weighted by Crippen LogP contribution is 2.17. The van der Waals surface area contributed by atoms with Crippen molar-refractivity contribution in [2.45, 2.75) is 39.8 Å². The molecule has 0 radical (unpaired) electrons. The number of aromatic nitrogens is 4. The minimum Gasteiger partial charge on any atom is -0.334 e. The van der Waals surface area contributed by atoms with Gasteiger partial charge in [-0.3, -0.25) is 0 Å². The van der Waals surface area contributed by atoms with Crippen molar-refractivity contribution in [3.8, 4) is 0 Å². The molecular formula is C14H21N5. The Morgan fingerprint density at radius 2 is 1.95 bits per heavy atom. The lowest BCUT2D eigenvalue weighted by atomic mass is 10.2. The maximum Gasteiger partial charge on any atom is 0.152 e. The predicted molar refractivity (Wildman–Crippen MR) is 74.8 cm³/mol. The molecule has 0 aromatic carbocycles. The third kappa shape index (κ3) is 3.17. The molecule has 2 rings (SSSR count). The Kier molecular flexibility index (Phi) is 4.63. The molecule has 1 unspecified atom stereocenters. The number of nitrogens with zero attached hydrogens (tertiary/aromatic N) is 4. The second-order valence-electron chi connectivity index (χ2n) is 4.58. The first-order chi connectivity index (χ1) is 9.26. The van der Waals surface area contributed by atoms with Crippen LogP contribution in [-0.2, 0) is 6.54 Å². The van der Waals surface area contributed by atoms with Crippen LogP contribution in [-0.4, -0.2) is 26.1 Å². The van der Waals surface area contributed by atoms with Crippen LogP contribution >= 0.6 is 0 Å². The zero-order valence-corrected chi connectivity index (χ0v) is 11.8. The molecule has 0 spiro atoms. The average Bonchev–Trinajstić information content (AvgIpc) is 2.89. The van der Waals surface area contributed by atoms with E-state index in [1.807, 2.05) is 31.7 Å². The van der Waals surface area contributed by atoms with Gasteiger partial charge in [0.15, 0.2) is 5.82 Å². The van der Waals surface area contributed by atoms with Crippen LogP contribution in [0.4, 0.5) is 0 Å². The first-order valence-corrected chi connectivity index (χ1v) is 6.79. The lowest BCUT2D eigenvalue weighted by Crippen LogP contribution is -2.27. The fraction of sp³-hybridized carbons (Fsp3) is 0.500. The van der Waals surface area contributed by atoms with E-state index in [0.29, 0.717) is 0 Å². The van der Waals surface area contributed by atoms with Gasteiger partial charge >= 0.3 is 0 Å². The van der Waals surface area contributed by atoms with Crippen LogP contribution in [0.2, 0.25) is 0 Å². The zero-order chi connectivity index (χ0) is 13.7. The Bertz CT molecular complexity index is 503. The summed E-state index contributed by atoms with van der Waals surface area (Å²) in [6, 6.07) is -0.0458. The quantitative estimate of drug-likeness (QED) is 0.863. The van der Waals surface area contributed by atoms with E-state index in [1.165, 1.54) is 0 Å². The van der Waals surface area contributed by atoms with Gasteiger partial charge in [0.05, 0.1) is 0 Å². The Balaban J connectivity index is 2.32. The number of nitrogens with one attached hydrogen (secondary N) is 1. The summed E-state index contributed by atoms with van der Waals surface area (Å²) in [6.07, 6.45) is 8.58. The molecule has 2 aromatic rings. The van der Waals surface area contributed by atoms with Crippen molar-refractivity contribution in [1.82, 2.24) is 24.8 Å². The molecule has 0 amide bonds. The Morgan fingerprint density at radius 1 is 1.21 bits per heavy atom. The summed E-state index contributed by atoms with van der Waals surface area (Å²) in [4.78, 5) is 13.3. The van der Waals surface area contributed by atoms with Gasteiger partial charge in [0.25, 0.3) is 0 Å². The standard InChI is InChI=1S/C14H21N5/c1-4-6-15-12(13-17-9-11(3)10-18-13)14-16-7-8-19(14)5-2/h7-10,12,15H,4-6H2,1-3H3. The van der Waals surface area contributed by atoms with E-state index in [4.69, 9.17) is 0 Å². The highest BCUT2D eigenvalue weighted by Gasteiger charge is 2.20. The second-order valence-corrected chi connectivity index (χ2v) is 4.58. The monoisotopic (exact) mass is 259 g/mol. The topological polar surface area (TPSA) is 55.6 Å². The molecule has 19 heavy (non-hydrogen) atoms. The Hall–Kier alpha value is -1.75. The first-order valence-electron chi connectivity index (χ1n) is 6.79. The number of hydrogen-bond acceptors (Lipinski definition) is 4. The van der Waals surface area contributed by atoms with E-state index >= 15 is 0 Å². The van der Waals surface area contributed by atoms with Gasteiger partial charge in [-0.2, -0.15) is 0 Å². The van der Waals surface area contributed by atoms with Gasteiger partial charge in [0.2, 0.25) is 0 Å². The molecule has 0 fully saturated rings. The number of rotatable bonds is 6. The first kappa shape index (κ1) is 13.7. The SMILES string of the molecule is CCCNC(c1ncc(C)cn1)c1nccn1CC. The fourth-order valence-electron chi connectivity index (χ4n) is 1.99. The van der Waals surface area contributed by atoms with Gasteiger partial charge in [0, 0.05) is 31.3 Å². The molecule has 1 atom stereocenters. The van der Waals surface area contributed by atoms with E-state index in [9.17, 15) is 0 Å². The molecule has 2 aromatic heterocycles. The maximum atomic E-state index is 4.46. The van der Waals surface area contributed by atoms with E-state index in [0.717, 1.165) is 36.7 Å². The largest absolute Gasteiger partial charge is 0.334 e. The smallest absolute Gasteiger partial charge is 0.152 e. The summed E-state index contributed by atoms with van der Waals surface area (Å²) in [6.45, 7) is 8.06. The van der Waals surface area contributed by atoms with E-state index in [-0.39, 0.29) is 6.04 Å². The van der Waals surface area contributed by atoms with Gasteiger partial charge in [-0.25, -0.2) is 15.0 Å². The number of hydrogen-bond donors (Lipinski definition) is 1. The molecule has 102 valence electrons. The summed E-state index contributed by atoms with van der Waals surface area (Å²) in [5, 5.41) is 3.47. The van der Waals surface area contributed by atoms with Crippen LogP contribution in [0.3, 0.4) is 0 Å². The summed E-state index contributed by atoms with van der Waals surface area (Å²) in [5.74, 6) is 1.75. The molecule has 0 saturated carbocycles. The second kappa shape index (κ2) is 6.43. The highest BCUT2D eigenvalue weighted by molar-refractivity contribution is 5.13. The summed E-state index contributed by atoms with van der Waals surface area (Å²) >= 11 is 0. The Labute approximate surface area is 114 Å². The number of aryl methyl sites for hydroxylation is 2. The van der Waals surface area contributed by atoms with Gasteiger partial charge in [-0.15, -0.1) is 0 Å². The maximum absolute atomic E-state index is 4.46. The minimum atomic E-state index is -0.0458. The predicted octanol–water partition coefficient (Wildman–Crippen LogP) is 2.09. The van der Waals surface area contributed by atoms with Crippen molar-refractivity contribution in [1.29, 1.82) is 0 Å². The van der Waals surface area contributed by atoms with E-state index in [1.54, 1.807) is 0 Å². The van der Waals surface area contributed by atoms with E-state index < -0.39 is 0 Å². The Morgan fingerprint density at radius 3 is 2.58 bits per heavy atom. The molecular weight excluding hydrogens is 238 g/mol. The van der Waals surface area contributed by atoms with Crippen LogP contribution in [0.15, 0.2) is 24.8 Å². The molecule has 0 aliphatic heterocycles. The average molecular weight is 259 g/mol. The van der Waals surface area contributed by atoms with Crippen molar-refractivity contribution < 1.29 is 0 Å². The summed E-state index contributed by atoms with van der Waals surface area (Å²) in [5.41, 5.74) is 1.07. The fourth-order valence-corrected chi connectivity index (χ4v) is 1.99. The molecule has 1 N–H and O–H groups in total. The van der Waals surface area contributed by atoms with E-state index in [2.05, 4.69) is 38.7 Å². The van der Waals surface area contributed by atoms with Crippen molar-refractivity contribution in [2.75, 3.05) is 6.54 Å². The molecule has 5 nitrogen and oxygen atoms in total. The van der Waals surface area contributed by atoms with Crippen molar-refractivity contribution in [3.05, 3.63) is 42.0 Å². The van der Waals surface area contributed by atoms with Crippen LogP contribution in [0.1, 0.15) is 43.5 Å². The van der Waals surface area contributed by atoms with Gasteiger partial charge in [-0.05, 0) is 32.4 Å². The normalized spacial score (nSPS) is 12.6. The molecule has 0 bridgehead atoms. The van der Waals surface area contributed by atoms with Crippen LogP contribution in [0, 0.1) is 6.92 Å². The van der Waals surface area contributed by atoms with Crippen molar-refractivity contribution in [3.63, 3.8) is 0 Å². The van der Waals surface area contributed by atoms with Crippen molar-refractivity contribution >= 4 is 0 Å². The third-order valence-corrected chi connectivity index (χ3v) is 3.00. The summed E-state index contributed by atoms with van der Waals surface area (Å²) in [7, 11) is 0. The zero-order valence-electron chi connectivity index (χ0n) is 11.8. The number of imidazole rings is 1. The van der Waals surface area contributed by atoms with Crippen LogP contribution in [0.25, 0.3) is 0 Å². The molecule has 0 aliphatic carbocycles. The van der Waals surface area contributed by atoms with Gasteiger partial charge in [-0.1, -0.05) is 6.92 Å².